The van der Waals surface area contributed by atoms with Crippen LogP contribution < -0.4 is 24.4 Å². The van der Waals surface area contributed by atoms with E-state index in [-0.39, 0.29) is 11.8 Å². The van der Waals surface area contributed by atoms with Crippen molar-refractivity contribution >= 4 is 5.91 Å². The zero-order valence-electron chi connectivity index (χ0n) is 18.9. The van der Waals surface area contributed by atoms with Crippen LogP contribution in [0, 0.1) is 5.92 Å². The Kier molecular flexibility index (Phi) is 8.59. The zero-order chi connectivity index (χ0) is 22.1. The molecule has 168 valence electrons. The first-order chi connectivity index (χ1) is 15.1. The quantitative estimate of drug-likeness (QED) is 0.611. The molecule has 1 saturated heterocycles. The van der Waals surface area contributed by atoms with Crippen molar-refractivity contribution < 1.29 is 23.9 Å². The summed E-state index contributed by atoms with van der Waals surface area (Å²) < 4.78 is 16.1. The number of carbonyl (C=O) groups is 1. The number of hydrogen-bond acceptors (Lipinski definition) is 4. The molecule has 0 radical (unpaired) electrons. The van der Waals surface area contributed by atoms with E-state index in [1.54, 1.807) is 19.1 Å². The summed E-state index contributed by atoms with van der Waals surface area (Å²) in [6, 6.07) is 14.2. The SMILES string of the molecule is CCOc1ccc(C[NH+]2CCC(C(=O)NCCc3ccc(OC)c(OC)c3)CC2)cc1. The van der Waals surface area contributed by atoms with Crippen molar-refractivity contribution in [2.45, 2.75) is 32.7 Å². The second-order valence-corrected chi connectivity index (χ2v) is 8.01. The lowest BCUT2D eigenvalue weighted by Gasteiger charge is -2.28. The number of rotatable bonds is 10. The van der Waals surface area contributed by atoms with Crippen LogP contribution in [0.15, 0.2) is 42.5 Å². The number of amides is 1. The van der Waals surface area contributed by atoms with Gasteiger partial charge in [-0.15, -0.1) is 0 Å². The molecule has 0 spiro atoms. The Morgan fingerprint density at radius 2 is 1.68 bits per heavy atom. The van der Waals surface area contributed by atoms with Crippen LogP contribution in [-0.2, 0) is 17.8 Å². The number of ether oxygens (including phenoxy) is 3. The summed E-state index contributed by atoms with van der Waals surface area (Å²) in [7, 11) is 3.26. The second kappa shape index (κ2) is 11.6. The van der Waals surface area contributed by atoms with E-state index in [0.717, 1.165) is 56.0 Å². The Labute approximate surface area is 185 Å². The molecule has 1 aliphatic heterocycles. The maximum atomic E-state index is 12.6. The molecule has 6 heteroatoms. The van der Waals surface area contributed by atoms with Crippen LogP contribution in [0.3, 0.4) is 0 Å². The largest absolute Gasteiger partial charge is 0.494 e. The van der Waals surface area contributed by atoms with Gasteiger partial charge in [0, 0.05) is 30.9 Å². The molecule has 2 aromatic carbocycles. The third kappa shape index (κ3) is 6.62. The van der Waals surface area contributed by atoms with E-state index in [2.05, 4.69) is 17.4 Å². The number of benzene rings is 2. The highest BCUT2D eigenvalue weighted by Gasteiger charge is 2.27. The number of quaternary nitrogens is 1. The maximum absolute atomic E-state index is 12.6. The van der Waals surface area contributed by atoms with Gasteiger partial charge in [-0.25, -0.2) is 0 Å². The van der Waals surface area contributed by atoms with E-state index in [0.29, 0.717) is 18.9 Å². The summed E-state index contributed by atoms with van der Waals surface area (Å²) in [6.45, 7) is 6.37. The molecule has 0 aromatic heterocycles. The fourth-order valence-corrected chi connectivity index (χ4v) is 4.13. The van der Waals surface area contributed by atoms with E-state index in [1.807, 2.05) is 37.3 Å². The zero-order valence-corrected chi connectivity index (χ0v) is 18.9. The first-order valence-electron chi connectivity index (χ1n) is 11.2. The van der Waals surface area contributed by atoms with Crippen molar-refractivity contribution in [3.63, 3.8) is 0 Å². The molecule has 2 aromatic rings. The molecular weight excluding hydrogens is 392 g/mol. The standard InChI is InChI=1S/C25H34N2O4/c1-4-31-22-8-5-20(6-9-22)18-27-15-12-21(13-16-27)25(28)26-14-11-19-7-10-23(29-2)24(17-19)30-3/h5-10,17,21H,4,11-16,18H2,1-3H3,(H,26,28)/p+1. The van der Waals surface area contributed by atoms with Gasteiger partial charge in [0.1, 0.15) is 12.3 Å². The summed E-state index contributed by atoms with van der Waals surface area (Å²) in [5.41, 5.74) is 2.43. The molecule has 0 saturated carbocycles. The van der Waals surface area contributed by atoms with Crippen molar-refractivity contribution in [2.75, 3.05) is 40.5 Å². The first kappa shape index (κ1) is 22.9. The van der Waals surface area contributed by atoms with Gasteiger partial charge < -0.3 is 24.4 Å². The summed E-state index contributed by atoms with van der Waals surface area (Å²) in [6.07, 6.45) is 2.65. The molecule has 0 unspecified atom stereocenters. The third-order valence-electron chi connectivity index (χ3n) is 5.91. The van der Waals surface area contributed by atoms with Crippen molar-refractivity contribution in [3.8, 4) is 17.2 Å². The van der Waals surface area contributed by atoms with Gasteiger partial charge in [0.2, 0.25) is 5.91 Å². The van der Waals surface area contributed by atoms with Gasteiger partial charge in [-0.3, -0.25) is 4.79 Å². The topological polar surface area (TPSA) is 61.2 Å². The Bertz CT molecular complexity index is 830. The Morgan fingerprint density at radius 1 is 1.00 bits per heavy atom. The summed E-state index contributed by atoms with van der Waals surface area (Å²) in [5.74, 6) is 2.66. The lowest BCUT2D eigenvalue weighted by atomic mass is 9.95. The summed E-state index contributed by atoms with van der Waals surface area (Å²) >= 11 is 0. The average Bonchev–Trinajstić information content (AvgIpc) is 2.81. The predicted molar refractivity (Wildman–Crippen MR) is 121 cm³/mol. The molecule has 3 rings (SSSR count). The highest BCUT2D eigenvalue weighted by atomic mass is 16.5. The molecule has 1 amide bonds. The van der Waals surface area contributed by atoms with E-state index in [1.165, 1.54) is 5.56 Å². The van der Waals surface area contributed by atoms with Gasteiger partial charge in [0.25, 0.3) is 0 Å². The molecule has 1 aliphatic rings. The first-order valence-corrected chi connectivity index (χ1v) is 11.2. The van der Waals surface area contributed by atoms with Crippen LogP contribution in [0.5, 0.6) is 17.2 Å². The fourth-order valence-electron chi connectivity index (χ4n) is 4.13. The molecule has 1 heterocycles. The fraction of sp³-hybridized carbons (Fsp3) is 0.480. The molecular formula is C25H35N2O4+. The molecule has 0 aliphatic carbocycles. The Balaban J connectivity index is 1.39. The molecule has 2 N–H and O–H groups in total. The van der Waals surface area contributed by atoms with E-state index < -0.39 is 0 Å². The number of likely N-dealkylation sites (tertiary alicyclic amines) is 1. The molecule has 6 nitrogen and oxygen atoms in total. The number of carbonyl (C=O) groups excluding carboxylic acids is 1. The smallest absolute Gasteiger partial charge is 0.223 e. The number of hydrogen-bond donors (Lipinski definition) is 2. The summed E-state index contributed by atoms with van der Waals surface area (Å²) in [4.78, 5) is 14.1. The van der Waals surface area contributed by atoms with E-state index >= 15 is 0 Å². The van der Waals surface area contributed by atoms with E-state index in [4.69, 9.17) is 14.2 Å². The number of methoxy groups -OCH3 is 2. The van der Waals surface area contributed by atoms with Crippen LogP contribution >= 0.6 is 0 Å². The number of piperidine rings is 1. The van der Waals surface area contributed by atoms with Crippen molar-refractivity contribution in [3.05, 3.63) is 53.6 Å². The average molecular weight is 428 g/mol. The molecule has 1 fully saturated rings. The van der Waals surface area contributed by atoms with Crippen molar-refractivity contribution in [1.29, 1.82) is 0 Å². The van der Waals surface area contributed by atoms with Crippen LogP contribution in [0.4, 0.5) is 0 Å². The Morgan fingerprint density at radius 3 is 2.32 bits per heavy atom. The van der Waals surface area contributed by atoms with Crippen molar-refractivity contribution in [1.82, 2.24) is 5.32 Å². The van der Waals surface area contributed by atoms with Gasteiger partial charge in [-0.2, -0.15) is 0 Å². The van der Waals surface area contributed by atoms with Gasteiger partial charge in [-0.1, -0.05) is 6.07 Å². The molecule has 0 bridgehead atoms. The van der Waals surface area contributed by atoms with Gasteiger partial charge in [-0.05, 0) is 55.3 Å². The molecule has 0 atom stereocenters. The Hall–Kier alpha value is -2.73. The van der Waals surface area contributed by atoms with Crippen LogP contribution in [0.25, 0.3) is 0 Å². The minimum absolute atomic E-state index is 0.120. The normalized spacial score (nSPS) is 18.3. The van der Waals surface area contributed by atoms with Gasteiger partial charge >= 0.3 is 0 Å². The van der Waals surface area contributed by atoms with Gasteiger partial charge in [0.15, 0.2) is 11.5 Å². The van der Waals surface area contributed by atoms with Gasteiger partial charge in [0.05, 0.1) is 33.9 Å². The van der Waals surface area contributed by atoms with Crippen LogP contribution in [0.1, 0.15) is 30.9 Å². The third-order valence-corrected chi connectivity index (χ3v) is 5.91. The predicted octanol–water partition coefficient (Wildman–Crippen LogP) is 2.26. The number of nitrogens with one attached hydrogen (secondary N) is 2. The lowest BCUT2D eigenvalue weighted by molar-refractivity contribution is -0.919. The highest BCUT2D eigenvalue weighted by Crippen LogP contribution is 2.27. The van der Waals surface area contributed by atoms with Crippen molar-refractivity contribution in [2.24, 2.45) is 5.92 Å². The summed E-state index contributed by atoms with van der Waals surface area (Å²) in [5, 5.41) is 3.12. The van der Waals surface area contributed by atoms with Crippen LogP contribution in [0.2, 0.25) is 0 Å². The highest BCUT2D eigenvalue weighted by molar-refractivity contribution is 5.78. The molecule has 31 heavy (non-hydrogen) atoms. The minimum atomic E-state index is 0.120. The minimum Gasteiger partial charge on any atom is -0.494 e. The second-order valence-electron chi connectivity index (χ2n) is 8.01. The lowest BCUT2D eigenvalue weighted by Crippen LogP contribution is -3.11. The maximum Gasteiger partial charge on any atom is 0.223 e. The monoisotopic (exact) mass is 427 g/mol. The van der Waals surface area contributed by atoms with E-state index in [9.17, 15) is 4.79 Å². The van der Waals surface area contributed by atoms with Crippen LogP contribution in [-0.4, -0.2) is 46.4 Å².